The van der Waals surface area contributed by atoms with Crippen molar-refractivity contribution in [2.45, 2.75) is 0 Å². The molecule has 0 amide bonds. The Labute approximate surface area is 110 Å². The van der Waals surface area contributed by atoms with E-state index in [1.807, 2.05) is 0 Å². The van der Waals surface area contributed by atoms with E-state index in [1.54, 1.807) is 18.5 Å². The van der Waals surface area contributed by atoms with E-state index in [4.69, 9.17) is 5.11 Å². The van der Waals surface area contributed by atoms with Gasteiger partial charge in [-0.2, -0.15) is 10.2 Å². The molecule has 20 heavy (non-hydrogen) atoms. The smallest absolute Gasteiger partial charge is 0.363 e. The lowest BCUT2D eigenvalue weighted by Crippen LogP contribution is -2.04. The van der Waals surface area contributed by atoms with Gasteiger partial charge in [-0.3, -0.25) is 10.1 Å². The number of carboxylic acid groups (broad SMARTS) is 1. The van der Waals surface area contributed by atoms with Crippen molar-refractivity contribution in [3.8, 4) is 5.82 Å². The van der Waals surface area contributed by atoms with Crippen molar-refractivity contribution in [1.29, 1.82) is 0 Å². The van der Waals surface area contributed by atoms with E-state index in [-0.39, 0.29) is 5.82 Å². The van der Waals surface area contributed by atoms with Crippen LogP contribution in [-0.4, -0.2) is 40.4 Å². The summed E-state index contributed by atoms with van der Waals surface area (Å²) in [6.45, 7) is 0. The fraction of sp³-hybridized carbons (Fsp3) is 0. The first kappa shape index (κ1) is 11.8. The maximum absolute atomic E-state index is 10.9. The average Bonchev–Trinajstić information content (AvgIpc) is 3.04. The molecular weight excluding hydrogens is 268 g/mol. The minimum atomic E-state index is -1.47. The van der Waals surface area contributed by atoms with Crippen LogP contribution in [0.1, 0.15) is 10.5 Å². The largest absolute Gasteiger partial charge is 0.476 e. The highest BCUT2D eigenvalue weighted by molar-refractivity contribution is 5.89. The molecule has 0 radical (unpaired) electrons. The Morgan fingerprint density at radius 1 is 1.40 bits per heavy atom. The lowest BCUT2D eigenvalue weighted by Gasteiger charge is -1.99. The summed E-state index contributed by atoms with van der Waals surface area (Å²) in [7, 11) is 0. The van der Waals surface area contributed by atoms with Crippen LogP contribution >= 0.6 is 0 Å². The van der Waals surface area contributed by atoms with Gasteiger partial charge in [-0.1, -0.05) is 0 Å². The summed E-state index contributed by atoms with van der Waals surface area (Å²) in [5, 5.41) is 27.3. The van der Waals surface area contributed by atoms with Crippen LogP contribution in [0.5, 0.6) is 0 Å². The fourth-order valence-corrected chi connectivity index (χ4v) is 1.70. The van der Waals surface area contributed by atoms with Crippen molar-refractivity contribution in [2.75, 3.05) is 0 Å². The van der Waals surface area contributed by atoms with Crippen LogP contribution in [0, 0.1) is 10.1 Å². The molecule has 10 nitrogen and oxygen atoms in total. The summed E-state index contributed by atoms with van der Waals surface area (Å²) in [6.07, 6.45) is 4.14. The molecule has 0 spiro atoms. The number of hydrogen-bond acceptors (Lipinski definition) is 6. The molecule has 0 aliphatic heterocycles. The third-order valence-electron chi connectivity index (χ3n) is 2.57. The maximum atomic E-state index is 10.9. The van der Waals surface area contributed by atoms with Gasteiger partial charge >= 0.3 is 11.7 Å². The van der Waals surface area contributed by atoms with Gasteiger partial charge in [0.25, 0.3) is 0 Å². The van der Waals surface area contributed by atoms with E-state index >= 15 is 0 Å². The van der Waals surface area contributed by atoms with Gasteiger partial charge in [0.2, 0.25) is 5.69 Å². The minimum absolute atomic E-state index is 0.258. The van der Waals surface area contributed by atoms with Gasteiger partial charge in [0.1, 0.15) is 6.20 Å². The van der Waals surface area contributed by atoms with Crippen LogP contribution in [0.25, 0.3) is 11.5 Å². The summed E-state index contributed by atoms with van der Waals surface area (Å²) in [5.74, 6) is -1.21. The van der Waals surface area contributed by atoms with Gasteiger partial charge in [-0.05, 0) is 0 Å². The number of carbonyl (C=O) groups is 1. The van der Waals surface area contributed by atoms with Crippen LogP contribution in [0.4, 0.5) is 5.69 Å². The number of nitro groups is 1. The number of carboxylic acids is 1. The van der Waals surface area contributed by atoms with Crippen LogP contribution < -0.4 is 0 Å². The van der Waals surface area contributed by atoms with Crippen molar-refractivity contribution in [3.63, 3.8) is 0 Å². The Morgan fingerprint density at radius 2 is 2.20 bits per heavy atom. The standard InChI is InChI=1S/C10H6N6O4/c17-10(18)9-6(16(19)20)5-15(13-9)8-2-4-14-7(12-8)1-3-11-14/h1-5H,(H,17,18). The second-order valence-electron chi connectivity index (χ2n) is 3.79. The fourth-order valence-electron chi connectivity index (χ4n) is 1.70. The third-order valence-corrected chi connectivity index (χ3v) is 2.57. The zero-order valence-electron chi connectivity index (χ0n) is 9.74. The zero-order chi connectivity index (χ0) is 14.3. The van der Waals surface area contributed by atoms with E-state index in [2.05, 4.69) is 15.2 Å². The lowest BCUT2D eigenvalue weighted by atomic mass is 10.4. The van der Waals surface area contributed by atoms with E-state index in [9.17, 15) is 14.9 Å². The first-order chi connectivity index (χ1) is 9.56. The van der Waals surface area contributed by atoms with E-state index in [0.717, 1.165) is 10.9 Å². The van der Waals surface area contributed by atoms with Crippen molar-refractivity contribution in [3.05, 3.63) is 46.5 Å². The summed E-state index contributed by atoms with van der Waals surface area (Å²) >= 11 is 0. The minimum Gasteiger partial charge on any atom is -0.476 e. The molecule has 0 saturated heterocycles. The molecule has 0 unspecified atom stereocenters. The number of fused-ring (bicyclic) bond motifs is 1. The zero-order valence-corrected chi connectivity index (χ0v) is 9.74. The second-order valence-corrected chi connectivity index (χ2v) is 3.79. The van der Waals surface area contributed by atoms with Crippen molar-refractivity contribution in [2.24, 2.45) is 0 Å². The van der Waals surface area contributed by atoms with Gasteiger partial charge in [-0.25, -0.2) is 19.0 Å². The van der Waals surface area contributed by atoms with E-state index in [1.165, 1.54) is 10.6 Å². The molecule has 100 valence electrons. The van der Waals surface area contributed by atoms with Crippen LogP contribution in [0.15, 0.2) is 30.7 Å². The molecule has 0 bridgehead atoms. The number of aromatic nitrogens is 5. The van der Waals surface area contributed by atoms with Crippen LogP contribution in [-0.2, 0) is 0 Å². The third kappa shape index (κ3) is 1.75. The predicted molar refractivity (Wildman–Crippen MR) is 63.7 cm³/mol. The van der Waals surface area contributed by atoms with Gasteiger partial charge in [-0.15, -0.1) is 0 Å². The summed E-state index contributed by atoms with van der Waals surface area (Å²) in [6, 6.07) is 3.15. The predicted octanol–water partition coefficient (Wildman–Crippen LogP) is 0.521. The SMILES string of the molecule is O=C(O)c1nn(-c2ccn3nccc3n2)cc1[N+](=O)[O-]. The number of hydrogen-bond donors (Lipinski definition) is 1. The normalized spacial score (nSPS) is 10.8. The Bertz CT molecular complexity index is 804. The molecule has 1 N–H and O–H groups in total. The first-order valence-corrected chi connectivity index (χ1v) is 5.34. The van der Waals surface area contributed by atoms with Crippen LogP contribution in [0.3, 0.4) is 0 Å². The van der Waals surface area contributed by atoms with Crippen molar-refractivity contribution in [1.82, 2.24) is 24.4 Å². The number of nitrogens with zero attached hydrogens (tertiary/aromatic N) is 6. The molecular formula is C10H6N6O4. The quantitative estimate of drug-likeness (QED) is 0.544. The van der Waals surface area contributed by atoms with Gasteiger partial charge in [0, 0.05) is 18.3 Å². The van der Waals surface area contributed by atoms with Crippen molar-refractivity contribution < 1.29 is 14.8 Å². The van der Waals surface area contributed by atoms with Gasteiger partial charge < -0.3 is 5.11 Å². The first-order valence-electron chi connectivity index (χ1n) is 5.34. The molecule has 0 aliphatic carbocycles. The summed E-state index contributed by atoms with van der Waals surface area (Å²) < 4.78 is 2.55. The second kappa shape index (κ2) is 4.12. The molecule has 0 aliphatic rings. The number of rotatable bonds is 3. The summed E-state index contributed by atoms with van der Waals surface area (Å²) in [4.78, 5) is 25.1. The molecule has 0 fully saturated rings. The molecule has 0 saturated carbocycles. The van der Waals surface area contributed by atoms with Gasteiger partial charge in [0.15, 0.2) is 11.5 Å². The highest BCUT2D eigenvalue weighted by atomic mass is 16.6. The van der Waals surface area contributed by atoms with E-state index in [0.29, 0.717) is 5.65 Å². The highest BCUT2D eigenvalue weighted by Crippen LogP contribution is 2.19. The number of aromatic carboxylic acids is 1. The Morgan fingerprint density at radius 3 is 2.85 bits per heavy atom. The molecule has 0 atom stereocenters. The van der Waals surface area contributed by atoms with Crippen molar-refractivity contribution >= 4 is 17.3 Å². The molecule has 10 heteroatoms. The molecule has 3 rings (SSSR count). The maximum Gasteiger partial charge on any atom is 0.363 e. The Hall–Kier alpha value is -3.30. The topological polar surface area (TPSA) is 128 Å². The summed E-state index contributed by atoms with van der Waals surface area (Å²) in [5.41, 5.74) is -0.713. The Kier molecular flexibility index (Phi) is 2.42. The molecule has 3 aromatic rings. The average molecular weight is 274 g/mol. The molecule has 3 aromatic heterocycles. The monoisotopic (exact) mass is 274 g/mol. The van der Waals surface area contributed by atoms with Crippen LogP contribution in [0.2, 0.25) is 0 Å². The lowest BCUT2D eigenvalue weighted by molar-refractivity contribution is -0.385. The molecule has 0 aromatic carbocycles. The Balaban J connectivity index is 2.16. The van der Waals surface area contributed by atoms with Gasteiger partial charge in [0.05, 0.1) is 11.1 Å². The molecule has 3 heterocycles. The highest BCUT2D eigenvalue weighted by Gasteiger charge is 2.25. The van der Waals surface area contributed by atoms with E-state index < -0.39 is 22.3 Å².